The predicted octanol–water partition coefficient (Wildman–Crippen LogP) is 3.16. The maximum absolute atomic E-state index is 13.2. The second-order valence-electron chi connectivity index (χ2n) is 5.04. The van der Waals surface area contributed by atoms with Crippen LogP contribution in [0.2, 0.25) is 5.02 Å². The Hall–Kier alpha value is -1.92. The monoisotopic (exact) mass is 322 g/mol. The first-order chi connectivity index (χ1) is 10.6. The third-order valence-electron chi connectivity index (χ3n) is 3.35. The fraction of sp³-hybridized carbons (Fsp3) is 0.333. The van der Waals surface area contributed by atoms with E-state index in [1.807, 2.05) is 13.0 Å². The molecule has 1 aliphatic rings. The van der Waals surface area contributed by atoms with Crippen molar-refractivity contribution in [3.63, 3.8) is 0 Å². The molecule has 1 aliphatic heterocycles. The van der Waals surface area contributed by atoms with Gasteiger partial charge in [0, 0.05) is 30.5 Å². The molecule has 2 heterocycles. The van der Waals surface area contributed by atoms with E-state index < -0.39 is 5.82 Å². The van der Waals surface area contributed by atoms with Gasteiger partial charge in [0.2, 0.25) is 5.95 Å². The fourth-order valence-corrected chi connectivity index (χ4v) is 2.45. The summed E-state index contributed by atoms with van der Waals surface area (Å²) in [5.74, 6) is 0.863. The summed E-state index contributed by atoms with van der Waals surface area (Å²) in [5, 5.41) is 3.12. The van der Waals surface area contributed by atoms with Gasteiger partial charge in [-0.25, -0.2) is 9.37 Å². The molecule has 1 aromatic heterocycles. The van der Waals surface area contributed by atoms with Crippen LogP contribution in [-0.2, 0) is 4.74 Å². The van der Waals surface area contributed by atoms with E-state index in [-0.39, 0.29) is 5.02 Å². The number of aromatic nitrogens is 2. The number of hydrogen-bond acceptors (Lipinski definition) is 5. The van der Waals surface area contributed by atoms with E-state index >= 15 is 0 Å². The summed E-state index contributed by atoms with van der Waals surface area (Å²) in [6.45, 7) is 4.91. The molecule has 3 rings (SSSR count). The number of anilines is 3. The average molecular weight is 323 g/mol. The van der Waals surface area contributed by atoms with Crippen molar-refractivity contribution in [3.05, 3.63) is 40.8 Å². The van der Waals surface area contributed by atoms with Gasteiger partial charge in [0.15, 0.2) is 0 Å². The van der Waals surface area contributed by atoms with Gasteiger partial charge in [-0.2, -0.15) is 4.98 Å². The Bertz CT molecular complexity index is 677. The molecule has 0 atom stereocenters. The molecule has 1 fully saturated rings. The maximum Gasteiger partial charge on any atom is 0.229 e. The summed E-state index contributed by atoms with van der Waals surface area (Å²) in [4.78, 5) is 11.0. The minimum atomic E-state index is -0.452. The molecule has 0 spiro atoms. The Morgan fingerprint density at radius 2 is 2.00 bits per heavy atom. The molecule has 0 saturated carbocycles. The lowest BCUT2D eigenvalue weighted by Gasteiger charge is -2.28. The van der Waals surface area contributed by atoms with Crippen molar-refractivity contribution < 1.29 is 9.13 Å². The molecule has 0 aliphatic carbocycles. The zero-order chi connectivity index (χ0) is 15.5. The molecular weight excluding hydrogens is 307 g/mol. The van der Waals surface area contributed by atoms with Crippen molar-refractivity contribution >= 4 is 29.1 Å². The van der Waals surface area contributed by atoms with E-state index in [1.165, 1.54) is 12.1 Å². The van der Waals surface area contributed by atoms with Crippen molar-refractivity contribution in [2.75, 3.05) is 36.5 Å². The van der Waals surface area contributed by atoms with Gasteiger partial charge in [0.25, 0.3) is 0 Å². The summed E-state index contributed by atoms with van der Waals surface area (Å²) >= 11 is 5.79. The first-order valence-corrected chi connectivity index (χ1v) is 7.40. The Morgan fingerprint density at radius 1 is 1.23 bits per heavy atom. The highest BCUT2D eigenvalue weighted by Crippen LogP contribution is 2.23. The van der Waals surface area contributed by atoms with Gasteiger partial charge >= 0.3 is 0 Å². The molecule has 0 bridgehead atoms. The lowest BCUT2D eigenvalue weighted by molar-refractivity contribution is 0.122. The molecule has 1 aromatic carbocycles. The van der Waals surface area contributed by atoms with Crippen LogP contribution >= 0.6 is 11.6 Å². The van der Waals surface area contributed by atoms with E-state index in [0.717, 1.165) is 24.6 Å². The number of morpholine rings is 1. The highest BCUT2D eigenvalue weighted by atomic mass is 35.5. The first-order valence-electron chi connectivity index (χ1n) is 7.02. The van der Waals surface area contributed by atoms with Crippen molar-refractivity contribution in [1.29, 1.82) is 0 Å². The number of rotatable bonds is 3. The van der Waals surface area contributed by atoms with Crippen molar-refractivity contribution in [3.8, 4) is 0 Å². The van der Waals surface area contributed by atoms with E-state index in [1.54, 1.807) is 6.07 Å². The Labute approximate surface area is 133 Å². The number of hydrogen-bond donors (Lipinski definition) is 1. The molecule has 5 nitrogen and oxygen atoms in total. The lowest BCUT2D eigenvalue weighted by Crippen LogP contribution is -2.36. The Balaban J connectivity index is 1.83. The summed E-state index contributed by atoms with van der Waals surface area (Å²) in [7, 11) is 0. The highest BCUT2D eigenvalue weighted by molar-refractivity contribution is 6.31. The highest BCUT2D eigenvalue weighted by Gasteiger charge is 2.14. The Kier molecular flexibility index (Phi) is 4.40. The van der Waals surface area contributed by atoms with Crippen LogP contribution in [0, 0.1) is 12.7 Å². The van der Waals surface area contributed by atoms with Gasteiger partial charge in [-0.1, -0.05) is 11.6 Å². The number of nitrogens with zero attached hydrogens (tertiary/aromatic N) is 3. The van der Waals surface area contributed by atoms with E-state index in [4.69, 9.17) is 16.3 Å². The average Bonchev–Trinajstić information content (AvgIpc) is 2.51. The number of halogens is 2. The van der Waals surface area contributed by atoms with Crippen LogP contribution in [0.1, 0.15) is 5.69 Å². The van der Waals surface area contributed by atoms with Gasteiger partial charge in [0.1, 0.15) is 11.6 Å². The molecule has 116 valence electrons. The van der Waals surface area contributed by atoms with Crippen molar-refractivity contribution in [1.82, 2.24) is 9.97 Å². The summed E-state index contributed by atoms with van der Waals surface area (Å²) in [6, 6.07) is 6.36. The third kappa shape index (κ3) is 3.45. The van der Waals surface area contributed by atoms with Crippen LogP contribution in [0.25, 0.3) is 0 Å². The van der Waals surface area contributed by atoms with Crippen LogP contribution in [0.15, 0.2) is 24.3 Å². The van der Waals surface area contributed by atoms with Crippen molar-refractivity contribution in [2.24, 2.45) is 0 Å². The van der Waals surface area contributed by atoms with Crippen molar-refractivity contribution in [2.45, 2.75) is 6.92 Å². The zero-order valence-corrected chi connectivity index (χ0v) is 12.9. The van der Waals surface area contributed by atoms with Gasteiger partial charge in [-0.3, -0.25) is 0 Å². The Morgan fingerprint density at radius 3 is 2.73 bits per heavy atom. The fourth-order valence-electron chi connectivity index (χ4n) is 2.27. The van der Waals surface area contributed by atoms with E-state index in [9.17, 15) is 4.39 Å². The largest absolute Gasteiger partial charge is 0.378 e. The van der Waals surface area contributed by atoms with Gasteiger partial charge in [-0.15, -0.1) is 0 Å². The lowest BCUT2D eigenvalue weighted by atomic mass is 10.3. The predicted molar refractivity (Wildman–Crippen MR) is 84.5 cm³/mol. The van der Waals surface area contributed by atoms with Gasteiger partial charge in [0.05, 0.1) is 18.2 Å². The van der Waals surface area contributed by atoms with Crippen LogP contribution < -0.4 is 10.2 Å². The first kappa shape index (κ1) is 15.0. The van der Waals surface area contributed by atoms with E-state index in [2.05, 4.69) is 20.2 Å². The minimum absolute atomic E-state index is 0.0612. The van der Waals surface area contributed by atoms with Crippen LogP contribution in [-0.4, -0.2) is 36.3 Å². The minimum Gasteiger partial charge on any atom is -0.378 e. The zero-order valence-electron chi connectivity index (χ0n) is 12.1. The molecular formula is C15H16ClFN4O. The van der Waals surface area contributed by atoms with Crippen LogP contribution in [0.3, 0.4) is 0 Å². The molecule has 1 N–H and O–H groups in total. The quantitative estimate of drug-likeness (QED) is 0.940. The third-order valence-corrected chi connectivity index (χ3v) is 3.64. The second-order valence-corrected chi connectivity index (χ2v) is 5.45. The van der Waals surface area contributed by atoms with Gasteiger partial charge < -0.3 is 15.0 Å². The molecule has 0 unspecified atom stereocenters. The topological polar surface area (TPSA) is 50.3 Å². The number of ether oxygens (including phenoxy) is 1. The summed E-state index contributed by atoms with van der Waals surface area (Å²) < 4.78 is 18.5. The van der Waals surface area contributed by atoms with E-state index in [0.29, 0.717) is 24.8 Å². The molecule has 0 amide bonds. The molecule has 0 radical (unpaired) electrons. The molecule has 22 heavy (non-hydrogen) atoms. The second kappa shape index (κ2) is 6.46. The number of nitrogens with one attached hydrogen (secondary N) is 1. The van der Waals surface area contributed by atoms with Crippen LogP contribution in [0.5, 0.6) is 0 Å². The molecule has 1 saturated heterocycles. The number of aryl methyl sites for hydroxylation is 1. The SMILES string of the molecule is Cc1cc(N2CCOCC2)nc(Nc2ccc(F)c(Cl)c2)n1. The summed E-state index contributed by atoms with van der Waals surface area (Å²) in [5.41, 5.74) is 1.50. The number of benzene rings is 1. The normalized spacial score (nSPS) is 15.0. The smallest absolute Gasteiger partial charge is 0.229 e. The molecule has 7 heteroatoms. The van der Waals surface area contributed by atoms with Gasteiger partial charge in [-0.05, 0) is 25.1 Å². The molecule has 2 aromatic rings. The standard InChI is InChI=1S/C15H16ClFN4O/c1-10-8-14(21-4-6-22-7-5-21)20-15(18-10)19-11-2-3-13(17)12(16)9-11/h2-3,8-9H,4-7H2,1H3,(H,18,19,20). The van der Waals surface area contributed by atoms with Crippen LogP contribution in [0.4, 0.5) is 21.8 Å². The maximum atomic E-state index is 13.2. The summed E-state index contributed by atoms with van der Waals surface area (Å²) in [6.07, 6.45) is 0.